The van der Waals surface area contributed by atoms with Crippen LogP contribution in [0.25, 0.3) is 0 Å². The Bertz CT molecular complexity index is 441. The van der Waals surface area contributed by atoms with Crippen LogP contribution < -0.4 is 0 Å². The van der Waals surface area contributed by atoms with Gasteiger partial charge in [-0.3, -0.25) is 4.79 Å². The molecule has 1 aliphatic rings. The molecule has 1 aliphatic carbocycles. The van der Waals surface area contributed by atoms with Gasteiger partial charge in [0.1, 0.15) is 5.78 Å². The predicted molar refractivity (Wildman–Crippen MR) is 100 cm³/mol. The first-order valence-electron chi connectivity index (χ1n) is 10.1. The van der Waals surface area contributed by atoms with Crippen LogP contribution in [0.4, 0.5) is 0 Å². The van der Waals surface area contributed by atoms with Gasteiger partial charge in [-0.05, 0) is 57.8 Å². The summed E-state index contributed by atoms with van der Waals surface area (Å²) in [4.78, 5) is 22.9. The number of carboxylic acids is 1. The summed E-state index contributed by atoms with van der Waals surface area (Å²) in [6, 6.07) is 0. The molecule has 1 fully saturated rings. The Kier molecular flexibility index (Phi) is 10.7. The number of aliphatic carboxylic acids is 1. The summed E-state index contributed by atoms with van der Waals surface area (Å²) in [5.41, 5.74) is 0.395. The van der Waals surface area contributed by atoms with Gasteiger partial charge in [0.15, 0.2) is 0 Å². The lowest BCUT2D eigenvalue weighted by Crippen LogP contribution is -2.17. The van der Waals surface area contributed by atoms with Crippen molar-refractivity contribution in [3.05, 3.63) is 11.6 Å². The van der Waals surface area contributed by atoms with Gasteiger partial charge in [-0.15, -0.1) is 0 Å². The maximum absolute atomic E-state index is 12.1. The minimum Gasteiger partial charge on any atom is -0.478 e. The topological polar surface area (TPSA) is 74.6 Å². The maximum atomic E-state index is 12.1. The Hall–Kier alpha value is -1.16. The lowest BCUT2D eigenvalue weighted by molar-refractivity contribution is -0.132. The molecule has 0 heterocycles. The molecule has 25 heavy (non-hydrogen) atoms. The van der Waals surface area contributed by atoms with Crippen LogP contribution in [-0.4, -0.2) is 28.1 Å². The molecule has 144 valence electrons. The number of ketones is 1. The van der Waals surface area contributed by atoms with Crippen LogP contribution in [0, 0.1) is 11.8 Å². The van der Waals surface area contributed by atoms with E-state index in [4.69, 9.17) is 5.11 Å². The number of aliphatic hydroxyl groups excluding tert-OH is 1. The smallest absolute Gasteiger partial charge is 0.330 e. The minimum atomic E-state index is -0.858. The van der Waals surface area contributed by atoms with Gasteiger partial charge in [-0.2, -0.15) is 0 Å². The summed E-state index contributed by atoms with van der Waals surface area (Å²) in [6.45, 7) is 3.78. The third-order valence-electron chi connectivity index (χ3n) is 5.51. The van der Waals surface area contributed by atoms with E-state index in [1.807, 2.05) is 0 Å². The van der Waals surface area contributed by atoms with Gasteiger partial charge >= 0.3 is 5.97 Å². The van der Waals surface area contributed by atoms with E-state index in [1.54, 1.807) is 13.0 Å². The van der Waals surface area contributed by atoms with Crippen LogP contribution in [0.3, 0.4) is 0 Å². The number of unbranched alkanes of at least 4 members (excludes halogenated alkanes) is 4. The van der Waals surface area contributed by atoms with Crippen LogP contribution in [0.2, 0.25) is 0 Å². The normalized spacial score (nSPS) is 22.4. The van der Waals surface area contributed by atoms with E-state index < -0.39 is 5.97 Å². The summed E-state index contributed by atoms with van der Waals surface area (Å²) >= 11 is 0. The molecule has 0 radical (unpaired) electrons. The molecule has 0 spiro atoms. The quantitative estimate of drug-likeness (QED) is 0.365. The third-order valence-corrected chi connectivity index (χ3v) is 5.51. The highest BCUT2D eigenvalue weighted by Crippen LogP contribution is 2.36. The summed E-state index contributed by atoms with van der Waals surface area (Å²) in [5, 5.41) is 18.9. The number of carbonyl (C=O) groups is 2. The van der Waals surface area contributed by atoms with E-state index in [0.717, 1.165) is 57.8 Å². The van der Waals surface area contributed by atoms with Gasteiger partial charge in [-0.25, -0.2) is 4.79 Å². The molecule has 0 aromatic carbocycles. The van der Waals surface area contributed by atoms with E-state index in [-0.39, 0.29) is 12.0 Å². The lowest BCUT2D eigenvalue weighted by atomic mass is 9.86. The van der Waals surface area contributed by atoms with Gasteiger partial charge in [0.2, 0.25) is 0 Å². The molecule has 0 aliphatic heterocycles. The second kappa shape index (κ2) is 12.2. The zero-order valence-corrected chi connectivity index (χ0v) is 16.0. The zero-order valence-electron chi connectivity index (χ0n) is 16.0. The Labute approximate surface area is 152 Å². The number of rotatable bonds is 13. The first kappa shape index (κ1) is 21.9. The van der Waals surface area contributed by atoms with Crippen molar-refractivity contribution in [3.8, 4) is 0 Å². The monoisotopic (exact) mass is 352 g/mol. The number of carboxylic acid groups (broad SMARTS) is 1. The highest BCUT2D eigenvalue weighted by atomic mass is 16.4. The largest absolute Gasteiger partial charge is 0.478 e. The molecule has 0 saturated heterocycles. The molecule has 4 heteroatoms. The van der Waals surface area contributed by atoms with Gasteiger partial charge in [0, 0.05) is 17.9 Å². The Balaban J connectivity index is 2.28. The van der Waals surface area contributed by atoms with Crippen LogP contribution in [-0.2, 0) is 9.59 Å². The molecule has 2 N–H and O–H groups in total. The number of carbonyl (C=O) groups excluding carboxylic acids is 1. The van der Waals surface area contributed by atoms with Crippen molar-refractivity contribution < 1.29 is 19.8 Å². The number of hydrogen-bond acceptors (Lipinski definition) is 3. The number of hydrogen-bond donors (Lipinski definition) is 2. The Morgan fingerprint density at radius 1 is 1.20 bits per heavy atom. The fourth-order valence-corrected chi connectivity index (χ4v) is 3.81. The van der Waals surface area contributed by atoms with Gasteiger partial charge in [0.25, 0.3) is 0 Å². The number of allylic oxidation sites excluding steroid dienone is 1. The fourth-order valence-electron chi connectivity index (χ4n) is 3.81. The Morgan fingerprint density at radius 2 is 1.96 bits per heavy atom. The molecule has 1 rings (SSSR count). The second-order valence-electron chi connectivity index (χ2n) is 7.58. The lowest BCUT2D eigenvalue weighted by Gasteiger charge is -2.20. The SMILES string of the molecule is CCCCCC(O)CC[C@H]1CCC(=O)[C@@H]1CCCC/C=C(/C)C(=O)O. The number of aliphatic hydroxyl groups is 1. The summed E-state index contributed by atoms with van der Waals surface area (Å²) in [7, 11) is 0. The van der Waals surface area contributed by atoms with Crippen molar-refractivity contribution in [2.75, 3.05) is 0 Å². The molecule has 0 bridgehead atoms. The van der Waals surface area contributed by atoms with Crippen molar-refractivity contribution in [2.45, 2.75) is 97.0 Å². The highest BCUT2D eigenvalue weighted by Gasteiger charge is 2.33. The standard InChI is InChI=1S/C21H36O4/c1-3-4-6-10-18(22)14-12-17-13-15-20(23)19(17)11-8-5-7-9-16(2)21(24)25/h9,17-19,22H,3-8,10-15H2,1-2H3,(H,24,25)/b16-9-/t17-,18?,19+/m0/s1. The van der Waals surface area contributed by atoms with Crippen LogP contribution in [0.5, 0.6) is 0 Å². The first-order chi connectivity index (χ1) is 12.0. The van der Waals surface area contributed by atoms with Crippen molar-refractivity contribution in [1.29, 1.82) is 0 Å². The van der Waals surface area contributed by atoms with Crippen molar-refractivity contribution in [2.24, 2.45) is 11.8 Å². The molecule has 1 unspecified atom stereocenters. The van der Waals surface area contributed by atoms with Crippen LogP contribution in [0.15, 0.2) is 11.6 Å². The molecule has 0 aromatic rings. The Morgan fingerprint density at radius 3 is 2.64 bits per heavy atom. The van der Waals surface area contributed by atoms with E-state index in [0.29, 0.717) is 23.7 Å². The van der Waals surface area contributed by atoms with Crippen molar-refractivity contribution in [3.63, 3.8) is 0 Å². The molecule has 3 atom stereocenters. The molecule has 0 aromatic heterocycles. The molecule has 4 nitrogen and oxygen atoms in total. The van der Waals surface area contributed by atoms with E-state index in [1.165, 1.54) is 12.8 Å². The molecular formula is C21H36O4. The van der Waals surface area contributed by atoms with Gasteiger partial charge < -0.3 is 10.2 Å². The van der Waals surface area contributed by atoms with Crippen molar-refractivity contribution in [1.82, 2.24) is 0 Å². The van der Waals surface area contributed by atoms with Crippen LogP contribution >= 0.6 is 0 Å². The fraction of sp³-hybridized carbons (Fsp3) is 0.810. The van der Waals surface area contributed by atoms with Crippen LogP contribution in [0.1, 0.15) is 90.9 Å². The van der Waals surface area contributed by atoms with Crippen molar-refractivity contribution >= 4 is 11.8 Å². The number of Topliss-reactive ketones (excluding diaryl/α,β-unsaturated/α-hetero) is 1. The second-order valence-corrected chi connectivity index (χ2v) is 7.58. The molecular weight excluding hydrogens is 316 g/mol. The predicted octanol–water partition coefficient (Wildman–Crippen LogP) is 4.89. The maximum Gasteiger partial charge on any atom is 0.330 e. The molecule has 1 saturated carbocycles. The third kappa shape index (κ3) is 8.66. The summed E-state index contributed by atoms with van der Waals surface area (Å²) in [6.07, 6.45) is 12.9. The average Bonchev–Trinajstić information content (AvgIpc) is 2.92. The van der Waals surface area contributed by atoms with Gasteiger partial charge in [0.05, 0.1) is 6.10 Å². The van der Waals surface area contributed by atoms with E-state index in [9.17, 15) is 14.7 Å². The highest BCUT2D eigenvalue weighted by molar-refractivity contribution is 5.85. The zero-order chi connectivity index (χ0) is 18.7. The van der Waals surface area contributed by atoms with Gasteiger partial charge in [-0.1, -0.05) is 38.7 Å². The average molecular weight is 353 g/mol. The van der Waals surface area contributed by atoms with E-state index in [2.05, 4.69) is 6.92 Å². The molecule has 0 amide bonds. The summed E-state index contributed by atoms with van der Waals surface area (Å²) in [5.74, 6) is 0.128. The minimum absolute atomic E-state index is 0.160. The van der Waals surface area contributed by atoms with E-state index >= 15 is 0 Å². The first-order valence-corrected chi connectivity index (χ1v) is 10.1. The summed E-state index contributed by atoms with van der Waals surface area (Å²) < 4.78 is 0.